The van der Waals surface area contributed by atoms with Crippen molar-refractivity contribution < 1.29 is 4.74 Å². The van der Waals surface area contributed by atoms with Gasteiger partial charge < -0.3 is 14.6 Å². The minimum absolute atomic E-state index is 0.120. The molecule has 0 fully saturated rings. The molecule has 0 aliphatic heterocycles. The second kappa shape index (κ2) is 9.97. The first-order valence-electron chi connectivity index (χ1n) is 13.4. The van der Waals surface area contributed by atoms with Crippen LogP contribution >= 0.6 is 0 Å². The van der Waals surface area contributed by atoms with Gasteiger partial charge in [-0.25, -0.2) is 15.0 Å². The highest BCUT2D eigenvalue weighted by atomic mass is 16.5. The van der Waals surface area contributed by atoms with Crippen molar-refractivity contribution in [3.8, 4) is 5.88 Å². The van der Waals surface area contributed by atoms with Gasteiger partial charge in [0.25, 0.3) is 0 Å². The van der Waals surface area contributed by atoms with Gasteiger partial charge in [-0.15, -0.1) is 0 Å². The summed E-state index contributed by atoms with van der Waals surface area (Å²) in [5.41, 5.74) is 3.42. The second-order valence-corrected chi connectivity index (χ2v) is 14.3. The maximum atomic E-state index is 6.08. The van der Waals surface area contributed by atoms with E-state index in [0.29, 0.717) is 12.5 Å². The van der Waals surface area contributed by atoms with Crippen LogP contribution in [0.3, 0.4) is 0 Å². The highest BCUT2D eigenvalue weighted by molar-refractivity contribution is 5.83. The van der Waals surface area contributed by atoms with Gasteiger partial charge in [-0.3, -0.25) is 0 Å². The lowest BCUT2D eigenvalue weighted by atomic mass is 9.82. The van der Waals surface area contributed by atoms with Crippen molar-refractivity contribution in [2.24, 2.45) is 0 Å². The Balaban J connectivity index is 2.08. The Hall–Kier alpha value is -2.54. The van der Waals surface area contributed by atoms with Crippen LogP contribution in [-0.4, -0.2) is 57.1 Å². The molecular formula is C30H48N6O. The van der Waals surface area contributed by atoms with Crippen molar-refractivity contribution in [1.82, 2.24) is 29.8 Å². The predicted molar refractivity (Wildman–Crippen MR) is 153 cm³/mol. The maximum Gasteiger partial charge on any atom is 0.216 e. The van der Waals surface area contributed by atoms with Gasteiger partial charge in [-0.05, 0) is 26.1 Å². The summed E-state index contributed by atoms with van der Waals surface area (Å²) in [4.78, 5) is 25.5. The molecule has 204 valence electrons. The zero-order chi connectivity index (χ0) is 28.0. The molecule has 0 aromatic carbocycles. The summed E-state index contributed by atoms with van der Waals surface area (Å²) in [5.74, 6) is 2.29. The van der Waals surface area contributed by atoms with Crippen LogP contribution in [0.1, 0.15) is 105 Å². The lowest BCUT2D eigenvalue weighted by Crippen LogP contribution is -2.28. The van der Waals surface area contributed by atoms with E-state index in [4.69, 9.17) is 24.7 Å². The normalized spacial score (nSPS) is 13.6. The first kappa shape index (κ1) is 29.0. The Kier molecular flexibility index (Phi) is 7.82. The van der Waals surface area contributed by atoms with Gasteiger partial charge in [0.05, 0.1) is 11.4 Å². The Morgan fingerprint density at radius 3 is 1.97 bits per heavy atom. The molecule has 3 aromatic heterocycles. The monoisotopic (exact) mass is 508 g/mol. The van der Waals surface area contributed by atoms with E-state index in [9.17, 15) is 0 Å². The molecule has 3 heterocycles. The van der Waals surface area contributed by atoms with Crippen molar-refractivity contribution >= 4 is 11.0 Å². The lowest BCUT2D eigenvalue weighted by molar-refractivity contribution is 0.250. The van der Waals surface area contributed by atoms with Crippen molar-refractivity contribution in [3.05, 3.63) is 40.9 Å². The standard InChI is InChI=1S/C30H48N6O/c1-27(2,3)20-16-21(37-15-14-36(12)13)33-26(32-20)30(10,11)17-19-18-31-24-22(19)23(28(4,5)6)34-25(35-24)29(7,8)9/h16,18H,14-15,17H2,1-13H3,(H,31,34,35). The van der Waals surface area contributed by atoms with Crippen LogP contribution in [-0.2, 0) is 28.1 Å². The Bertz CT molecular complexity index is 1240. The minimum atomic E-state index is -0.339. The van der Waals surface area contributed by atoms with Gasteiger partial charge in [0, 0.05) is 45.9 Å². The Labute approximate surface area is 223 Å². The second-order valence-electron chi connectivity index (χ2n) is 14.3. The van der Waals surface area contributed by atoms with Gasteiger partial charge in [0.2, 0.25) is 5.88 Å². The number of hydrogen-bond acceptors (Lipinski definition) is 6. The molecule has 0 aliphatic rings. The molecule has 0 aliphatic carbocycles. The molecule has 0 amide bonds. The summed E-state index contributed by atoms with van der Waals surface area (Å²) in [6.45, 7) is 25.5. The molecule has 3 aromatic rings. The summed E-state index contributed by atoms with van der Waals surface area (Å²) in [6, 6.07) is 1.99. The average molecular weight is 509 g/mol. The maximum absolute atomic E-state index is 6.08. The molecule has 7 nitrogen and oxygen atoms in total. The number of H-pyrrole nitrogens is 1. The molecule has 0 spiro atoms. The van der Waals surface area contributed by atoms with E-state index >= 15 is 0 Å². The fourth-order valence-corrected chi connectivity index (χ4v) is 4.19. The highest BCUT2D eigenvalue weighted by Crippen LogP contribution is 2.36. The van der Waals surface area contributed by atoms with Gasteiger partial charge in [0.1, 0.15) is 23.9 Å². The summed E-state index contributed by atoms with van der Waals surface area (Å²) < 4.78 is 6.08. The quantitative estimate of drug-likeness (QED) is 0.415. The summed E-state index contributed by atoms with van der Waals surface area (Å²) in [6.07, 6.45) is 2.84. The third kappa shape index (κ3) is 6.86. The van der Waals surface area contributed by atoms with Crippen LogP contribution in [0.5, 0.6) is 5.88 Å². The lowest BCUT2D eigenvalue weighted by Gasteiger charge is -2.28. The summed E-state index contributed by atoms with van der Waals surface area (Å²) >= 11 is 0. The zero-order valence-corrected chi connectivity index (χ0v) is 25.4. The van der Waals surface area contributed by atoms with E-state index in [1.807, 2.05) is 20.2 Å². The Morgan fingerprint density at radius 2 is 1.43 bits per heavy atom. The fourth-order valence-electron chi connectivity index (χ4n) is 4.19. The molecular weight excluding hydrogens is 460 g/mol. The predicted octanol–water partition coefficient (Wildman–Crippen LogP) is 6.10. The number of hydrogen-bond donors (Lipinski definition) is 1. The van der Waals surface area contributed by atoms with E-state index in [0.717, 1.165) is 47.0 Å². The Morgan fingerprint density at radius 1 is 0.784 bits per heavy atom. The van der Waals surface area contributed by atoms with Crippen LogP contribution in [0, 0.1) is 0 Å². The van der Waals surface area contributed by atoms with Crippen molar-refractivity contribution in [1.29, 1.82) is 0 Å². The number of likely N-dealkylation sites (N-methyl/N-ethyl adjacent to an activating group) is 1. The molecule has 7 heteroatoms. The molecule has 0 atom stereocenters. The summed E-state index contributed by atoms with van der Waals surface area (Å²) in [5, 5.41) is 1.11. The number of aromatic amines is 1. The number of rotatable bonds is 7. The average Bonchev–Trinajstić information content (AvgIpc) is 3.12. The van der Waals surface area contributed by atoms with Crippen molar-refractivity contribution in [3.63, 3.8) is 0 Å². The zero-order valence-electron chi connectivity index (χ0n) is 25.4. The molecule has 0 unspecified atom stereocenters. The summed E-state index contributed by atoms with van der Waals surface area (Å²) in [7, 11) is 4.08. The van der Waals surface area contributed by atoms with E-state index in [2.05, 4.69) is 92.2 Å². The smallest absolute Gasteiger partial charge is 0.216 e. The van der Waals surface area contributed by atoms with E-state index in [-0.39, 0.29) is 21.7 Å². The molecule has 1 N–H and O–H groups in total. The molecule has 0 saturated carbocycles. The number of fused-ring (bicyclic) bond motifs is 1. The highest BCUT2D eigenvalue weighted by Gasteiger charge is 2.32. The van der Waals surface area contributed by atoms with Crippen molar-refractivity contribution in [2.45, 2.75) is 104 Å². The first-order chi connectivity index (χ1) is 16.8. The van der Waals surface area contributed by atoms with Crippen LogP contribution < -0.4 is 4.74 Å². The van der Waals surface area contributed by atoms with Gasteiger partial charge in [-0.2, -0.15) is 4.98 Å². The first-order valence-corrected chi connectivity index (χ1v) is 13.4. The molecule has 0 radical (unpaired) electrons. The van der Waals surface area contributed by atoms with Crippen LogP contribution in [0.25, 0.3) is 11.0 Å². The molecule has 3 rings (SSSR count). The minimum Gasteiger partial charge on any atom is -0.476 e. The van der Waals surface area contributed by atoms with Gasteiger partial charge in [-0.1, -0.05) is 76.2 Å². The van der Waals surface area contributed by atoms with Gasteiger partial charge >= 0.3 is 0 Å². The third-order valence-corrected chi connectivity index (χ3v) is 6.49. The number of nitrogens with zero attached hydrogens (tertiary/aromatic N) is 5. The van der Waals surface area contributed by atoms with Crippen LogP contribution in [0.4, 0.5) is 0 Å². The number of nitrogens with one attached hydrogen (secondary N) is 1. The van der Waals surface area contributed by atoms with Crippen LogP contribution in [0.2, 0.25) is 0 Å². The largest absolute Gasteiger partial charge is 0.476 e. The molecule has 0 bridgehead atoms. The molecule has 37 heavy (non-hydrogen) atoms. The topological polar surface area (TPSA) is 79.8 Å². The number of ether oxygens (including phenoxy) is 1. The third-order valence-electron chi connectivity index (χ3n) is 6.49. The van der Waals surface area contributed by atoms with E-state index in [1.54, 1.807) is 0 Å². The van der Waals surface area contributed by atoms with Crippen LogP contribution in [0.15, 0.2) is 12.3 Å². The van der Waals surface area contributed by atoms with E-state index in [1.165, 1.54) is 5.56 Å². The molecule has 0 saturated heterocycles. The fraction of sp³-hybridized carbons (Fsp3) is 0.667. The number of aromatic nitrogens is 5. The van der Waals surface area contributed by atoms with E-state index < -0.39 is 0 Å². The SMILES string of the molecule is CN(C)CCOc1cc(C(C)(C)C)nc(C(C)(C)Cc2c[nH]c3nc(C(C)(C)C)nc(C(C)(C)C)c23)n1. The van der Waals surface area contributed by atoms with Crippen molar-refractivity contribution in [2.75, 3.05) is 27.2 Å². The van der Waals surface area contributed by atoms with Gasteiger partial charge in [0.15, 0.2) is 0 Å².